The summed E-state index contributed by atoms with van der Waals surface area (Å²) in [6.07, 6.45) is 0. The summed E-state index contributed by atoms with van der Waals surface area (Å²) in [6, 6.07) is 10.0. The van der Waals surface area contributed by atoms with Gasteiger partial charge in [-0.3, -0.25) is 4.79 Å². The van der Waals surface area contributed by atoms with Crippen molar-refractivity contribution in [1.82, 2.24) is 4.72 Å². The van der Waals surface area contributed by atoms with E-state index in [1.54, 1.807) is 0 Å². The molecule has 0 saturated heterocycles. The fourth-order valence-electron chi connectivity index (χ4n) is 2.84. The maximum Gasteiger partial charge on any atom is 0.257 e. The van der Waals surface area contributed by atoms with Crippen molar-refractivity contribution < 1.29 is 13.2 Å². The smallest absolute Gasteiger partial charge is 0.257 e. The number of hydrogen-bond acceptors (Lipinski definition) is 3. The van der Waals surface area contributed by atoms with Gasteiger partial charge in [0.2, 0.25) is 10.0 Å². The highest BCUT2D eigenvalue weighted by Crippen LogP contribution is 2.33. The number of carbonyl (C=O) groups excluding carboxylic acids is 1. The molecule has 0 spiro atoms. The van der Waals surface area contributed by atoms with Gasteiger partial charge in [0, 0.05) is 5.69 Å². The predicted octanol–water partition coefficient (Wildman–Crippen LogP) is 4.75. The lowest BCUT2D eigenvalue weighted by molar-refractivity contribution is 0.102. The van der Waals surface area contributed by atoms with Gasteiger partial charge in [0.25, 0.3) is 5.91 Å². The summed E-state index contributed by atoms with van der Waals surface area (Å²) >= 11 is 6.18. The van der Waals surface area contributed by atoms with Gasteiger partial charge in [0.1, 0.15) is 0 Å². The number of benzene rings is 2. The zero-order chi connectivity index (χ0) is 20.4. The van der Waals surface area contributed by atoms with Crippen LogP contribution in [0.25, 0.3) is 0 Å². The van der Waals surface area contributed by atoms with Crippen molar-refractivity contribution in [2.24, 2.45) is 0 Å². The third kappa shape index (κ3) is 4.69. The zero-order valence-electron chi connectivity index (χ0n) is 16.1. The number of carbonyl (C=O) groups is 1. The van der Waals surface area contributed by atoms with E-state index in [2.05, 4.69) is 37.7 Å². The molecule has 146 valence electrons. The van der Waals surface area contributed by atoms with E-state index in [-0.39, 0.29) is 27.3 Å². The molecule has 0 aliphatic carbocycles. The number of nitrogens with one attached hydrogen (secondary N) is 2. The second-order valence-corrected chi connectivity index (χ2v) is 9.22. The van der Waals surface area contributed by atoms with Crippen LogP contribution in [0.3, 0.4) is 0 Å². The molecule has 0 heterocycles. The number of halogens is 1. The van der Waals surface area contributed by atoms with Gasteiger partial charge in [0.15, 0.2) is 0 Å². The highest BCUT2D eigenvalue weighted by atomic mass is 35.5. The van der Waals surface area contributed by atoms with Crippen molar-refractivity contribution >= 4 is 33.2 Å². The first-order chi connectivity index (χ1) is 12.6. The molecule has 2 N–H and O–H groups in total. The van der Waals surface area contributed by atoms with Crippen LogP contribution in [0.4, 0.5) is 5.69 Å². The van der Waals surface area contributed by atoms with Crippen molar-refractivity contribution in [3.05, 3.63) is 58.1 Å². The van der Waals surface area contributed by atoms with E-state index < -0.39 is 15.9 Å². The molecule has 0 atom stereocenters. The molecule has 0 aromatic heterocycles. The van der Waals surface area contributed by atoms with Crippen molar-refractivity contribution in [1.29, 1.82) is 0 Å². The summed E-state index contributed by atoms with van der Waals surface area (Å²) in [5.74, 6) is -0.0147. The van der Waals surface area contributed by atoms with Crippen LogP contribution in [0, 0.1) is 0 Å². The molecule has 2 aromatic rings. The normalized spacial score (nSPS) is 11.9. The molecule has 2 rings (SSSR count). The monoisotopic (exact) mass is 408 g/mol. The molecule has 5 nitrogen and oxygen atoms in total. The topological polar surface area (TPSA) is 75.3 Å². The lowest BCUT2D eigenvalue weighted by Crippen LogP contribution is -2.20. The molecular formula is C20H25ClN2O3S. The van der Waals surface area contributed by atoms with Gasteiger partial charge in [0.05, 0.1) is 15.5 Å². The van der Waals surface area contributed by atoms with Crippen molar-refractivity contribution in [3.63, 3.8) is 0 Å². The first kappa shape index (κ1) is 21.4. The van der Waals surface area contributed by atoms with Crippen LogP contribution in [-0.2, 0) is 10.0 Å². The van der Waals surface area contributed by atoms with Gasteiger partial charge < -0.3 is 5.32 Å². The van der Waals surface area contributed by atoms with Crippen LogP contribution in [0.2, 0.25) is 5.02 Å². The Labute approximate surface area is 166 Å². The highest BCUT2D eigenvalue weighted by molar-refractivity contribution is 7.89. The number of amides is 1. The average molecular weight is 409 g/mol. The van der Waals surface area contributed by atoms with Crippen LogP contribution in [0.1, 0.15) is 61.0 Å². The Morgan fingerprint density at radius 1 is 1.00 bits per heavy atom. The lowest BCUT2D eigenvalue weighted by atomic mass is 9.92. The van der Waals surface area contributed by atoms with Crippen molar-refractivity contribution in [2.75, 3.05) is 12.4 Å². The molecule has 0 aliphatic heterocycles. The van der Waals surface area contributed by atoms with Crippen molar-refractivity contribution in [3.8, 4) is 0 Å². The Kier molecular flexibility index (Phi) is 6.68. The molecule has 0 unspecified atom stereocenters. The summed E-state index contributed by atoms with van der Waals surface area (Å²) in [7, 11) is -2.36. The number of rotatable bonds is 6. The molecule has 0 bridgehead atoms. The minimum absolute atomic E-state index is 0.0132. The summed E-state index contributed by atoms with van der Waals surface area (Å²) in [5, 5.41) is 3.15. The van der Waals surface area contributed by atoms with Crippen LogP contribution in [0.5, 0.6) is 0 Å². The maximum absolute atomic E-state index is 12.9. The molecule has 2 aromatic carbocycles. The summed E-state index contributed by atoms with van der Waals surface area (Å²) < 4.78 is 26.3. The largest absolute Gasteiger partial charge is 0.321 e. The Bertz CT molecular complexity index is 927. The minimum atomic E-state index is -3.68. The lowest BCUT2D eigenvalue weighted by Gasteiger charge is -2.20. The van der Waals surface area contributed by atoms with Crippen LogP contribution in [0.15, 0.2) is 41.3 Å². The summed E-state index contributed by atoms with van der Waals surface area (Å²) in [4.78, 5) is 12.9. The Morgan fingerprint density at radius 2 is 1.56 bits per heavy atom. The summed E-state index contributed by atoms with van der Waals surface area (Å²) in [5.41, 5.74) is 2.90. The van der Waals surface area contributed by atoms with Gasteiger partial charge in [-0.25, -0.2) is 13.1 Å². The minimum Gasteiger partial charge on any atom is -0.321 e. The number of anilines is 1. The number of hydrogen-bond donors (Lipinski definition) is 2. The van der Waals surface area contributed by atoms with E-state index >= 15 is 0 Å². The van der Waals surface area contributed by atoms with E-state index in [9.17, 15) is 13.2 Å². The molecule has 0 saturated carbocycles. The van der Waals surface area contributed by atoms with E-state index in [0.717, 1.165) is 16.8 Å². The number of para-hydroxylation sites is 1. The third-order valence-corrected chi connectivity index (χ3v) is 6.11. The van der Waals surface area contributed by atoms with Gasteiger partial charge in [-0.05, 0) is 48.2 Å². The first-order valence-corrected chi connectivity index (χ1v) is 10.6. The van der Waals surface area contributed by atoms with Crippen LogP contribution >= 0.6 is 11.6 Å². The molecule has 0 radical (unpaired) electrons. The predicted molar refractivity (Wildman–Crippen MR) is 110 cm³/mol. The maximum atomic E-state index is 12.9. The van der Waals surface area contributed by atoms with Gasteiger partial charge in [-0.15, -0.1) is 0 Å². The standard InChI is InChI=1S/C20H25ClN2O3S/c1-12(2)15-7-6-8-16(13(3)4)19(15)23-20(24)17-11-14(9-10-18(17)21)27(25,26)22-5/h6-13,22H,1-5H3,(H,23,24). The molecular weight excluding hydrogens is 384 g/mol. The van der Waals surface area contributed by atoms with Gasteiger partial charge in [-0.2, -0.15) is 0 Å². The molecule has 7 heteroatoms. The van der Waals surface area contributed by atoms with E-state index in [0.29, 0.717) is 0 Å². The van der Waals surface area contributed by atoms with Crippen LogP contribution in [-0.4, -0.2) is 21.4 Å². The SMILES string of the molecule is CNS(=O)(=O)c1ccc(Cl)c(C(=O)Nc2c(C(C)C)cccc2C(C)C)c1. The van der Waals surface area contributed by atoms with Gasteiger partial charge in [-0.1, -0.05) is 57.5 Å². The molecule has 1 amide bonds. The second kappa shape index (κ2) is 8.42. The van der Waals surface area contributed by atoms with Crippen LogP contribution < -0.4 is 10.0 Å². The second-order valence-electron chi connectivity index (χ2n) is 6.92. The highest BCUT2D eigenvalue weighted by Gasteiger charge is 2.20. The summed E-state index contributed by atoms with van der Waals surface area (Å²) in [6.45, 7) is 8.23. The Hall–Kier alpha value is -1.89. The third-order valence-electron chi connectivity index (χ3n) is 4.37. The molecule has 27 heavy (non-hydrogen) atoms. The number of sulfonamides is 1. The fourth-order valence-corrected chi connectivity index (χ4v) is 3.80. The molecule has 0 fully saturated rings. The fraction of sp³-hybridized carbons (Fsp3) is 0.350. The Balaban J connectivity index is 2.52. The molecule has 0 aliphatic rings. The van der Waals surface area contributed by atoms with E-state index in [1.807, 2.05) is 18.2 Å². The first-order valence-electron chi connectivity index (χ1n) is 8.75. The Morgan fingerprint density at radius 3 is 2.04 bits per heavy atom. The van der Waals surface area contributed by atoms with Crippen molar-refractivity contribution in [2.45, 2.75) is 44.4 Å². The van der Waals surface area contributed by atoms with E-state index in [1.165, 1.54) is 25.2 Å². The average Bonchev–Trinajstić information content (AvgIpc) is 2.61. The zero-order valence-corrected chi connectivity index (χ0v) is 17.7. The van der Waals surface area contributed by atoms with Gasteiger partial charge >= 0.3 is 0 Å². The van der Waals surface area contributed by atoms with E-state index in [4.69, 9.17) is 11.6 Å². The quantitative estimate of drug-likeness (QED) is 0.724.